The Bertz CT molecular complexity index is 633. The van der Waals surface area contributed by atoms with Crippen molar-refractivity contribution in [2.24, 2.45) is 11.8 Å². The molecule has 0 bridgehead atoms. The molecule has 2 aliphatic rings. The topological polar surface area (TPSA) is 32.8 Å². The molecular weight excluding hydrogens is 372 g/mol. The second-order valence-corrected chi connectivity index (χ2v) is 8.69. The van der Waals surface area contributed by atoms with E-state index in [0.29, 0.717) is 16.7 Å². The first-order valence-electron chi connectivity index (χ1n) is 10.7. The van der Waals surface area contributed by atoms with Crippen LogP contribution in [-0.2, 0) is 0 Å². The summed E-state index contributed by atoms with van der Waals surface area (Å²) in [5, 5.41) is 0.634. The molecule has 0 unspecified atom stereocenters. The molecule has 1 saturated carbocycles. The molecule has 0 N–H and O–H groups in total. The molecule has 0 spiro atoms. The van der Waals surface area contributed by atoms with Crippen LogP contribution in [0.15, 0.2) is 36.4 Å². The lowest BCUT2D eigenvalue weighted by atomic mass is 9.80. The van der Waals surface area contributed by atoms with E-state index in [0.717, 1.165) is 25.4 Å². The fraction of sp³-hybridized carbons (Fsp3) is 0.609. The lowest BCUT2D eigenvalue weighted by molar-refractivity contribution is 0.157. The van der Waals surface area contributed by atoms with Crippen LogP contribution < -0.4 is 4.74 Å². The Kier molecular flexibility index (Phi) is 8.23. The summed E-state index contributed by atoms with van der Waals surface area (Å²) >= 11 is 5.86. The average molecular weight is 405 g/mol. The van der Waals surface area contributed by atoms with Crippen molar-refractivity contribution in [1.29, 1.82) is 0 Å². The van der Waals surface area contributed by atoms with Crippen LogP contribution >= 0.6 is 11.6 Å². The molecule has 154 valence electrons. The number of rotatable bonds is 7. The van der Waals surface area contributed by atoms with Gasteiger partial charge in [0.25, 0.3) is 0 Å². The highest BCUT2D eigenvalue weighted by atomic mass is 35.5. The molecule has 0 aromatic heterocycles. The zero-order valence-electron chi connectivity index (χ0n) is 17.0. The lowest BCUT2D eigenvalue weighted by Crippen LogP contribution is -2.32. The Labute approximate surface area is 174 Å². The van der Waals surface area contributed by atoms with Gasteiger partial charge in [0.15, 0.2) is 0 Å². The molecule has 1 amide bonds. The van der Waals surface area contributed by atoms with Gasteiger partial charge in [0.05, 0.1) is 0 Å². The Hall–Kier alpha value is -1.52. The molecule has 28 heavy (non-hydrogen) atoms. The second-order valence-electron chi connectivity index (χ2n) is 8.25. The minimum atomic E-state index is -0.305. The third-order valence-electron chi connectivity index (χ3n) is 6.07. The third-order valence-corrected chi connectivity index (χ3v) is 6.32. The zero-order chi connectivity index (χ0) is 19.8. The number of carbonyl (C=O) groups is 1. The molecule has 1 aromatic rings. The molecule has 4 nitrogen and oxygen atoms in total. The van der Waals surface area contributed by atoms with E-state index in [9.17, 15) is 4.79 Å². The average Bonchev–Trinajstić information content (AvgIpc) is 3.22. The molecule has 0 atom stereocenters. The van der Waals surface area contributed by atoms with E-state index >= 15 is 0 Å². The smallest absolute Gasteiger partial charge is 0.410 e. The fourth-order valence-electron chi connectivity index (χ4n) is 4.19. The van der Waals surface area contributed by atoms with Gasteiger partial charge in [-0.15, -0.1) is 0 Å². The molecule has 1 saturated heterocycles. The summed E-state index contributed by atoms with van der Waals surface area (Å²) in [6, 6.07) is 6.88. The Morgan fingerprint density at radius 2 is 1.86 bits per heavy atom. The second kappa shape index (κ2) is 10.9. The highest BCUT2D eigenvalue weighted by Crippen LogP contribution is 2.31. The van der Waals surface area contributed by atoms with E-state index in [-0.39, 0.29) is 6.09 Å². The van der Waals surface area contributed by atoms with Gasteiger partial charge in [-0.25, -0.2) is 4.79 Å². The van der Waals surface area contributed by atoms with Gasteiger partial charge in [-0.2, -0.15) is 0 Å². The first-order chi connectivity index (χ1) is 13.6. The van der Waals surface area contributed by atoms with Crippen LogP contribution in [0.4, 0.5) is 4.79 Å². The standard InChI is InChI=1S/C23H33ClN2O2/c1-25(23(27)28-22-12-10-21(24)11-13-22)18-14-20-8-6-19(7-9-20)5-4-17-26-15-2-3-16-26/h4-5,10-13,19-20H,2-3,6-9,14-18H2,1H3/b5-4+/t19-,20-. The fourth-order valence-corrected chi connectivity index (χ4v) is 4.31. The van der Waals surface area contributed by atoms with Gasteiger partial charge in [0, 0.05) is 25.2 Å². The van der Waals surface area contributed by atoms with Gasteiger partial charge in [-0.1, -0.05) is 23.8 Å². The number of carbonyl (C=O) groups excluding carboxylic acids is 1. The van der Waals surface area contributed by atoms with Gasteiger partial charge in [-0.3, -0.25) is 4.90 Å². The minimum absolute atomic E-state index is 0.305. The first-order valence-corrected chi connectivity index (χ1v) is 11.1. The van der Waals surface area contributed by atoms with Gasteiger partial charge in [-0.05, 0) is 94.1 Å². The van der Waals surface area contributed by atoms with Crippen molar-refractivity contribution < 1.29 is 9.53 Å². The van der Waals surface area contributed by atoms with Crippen molar-refractivity contribution in [3.8, 4) is 5.75 Å². The van der Waals surface area contributed by atoms with E-state index < -0.39 is 0 Å². The van der Waals surface area contributed by atoms with Gasteiger partial charge >= 0.3 is 6.09 Å². The summed E-state index contributed by atoms with van der Waals surface area (Å²) in [4.78, 5) is 16.4. The van der Waals surface area contributed by atoms with Crippen molar-refractivity contribution >= 4 is 17.7 Å². The van der Waals surface area contributed by atoms with E-state index in [1.54, 1.807) is 29.2 Å². The van der Waals surface area contributed by atoms with Crippen molar-refractivity contribution in [1.82, 2.24) is 9.80 Å². The van der Waals surface area contributed by atoms with Crippen LogP contribution in [0.5, 0.6) is 5.75 Å². The van der Waals surface area contributed by atoms with Crippen molar-refractivity contribution in [3.05, 3.63) is 41.4 Å². The van der Waals surface area contributed by atoms with Gasteiger partial charge in [0.1, 0.15) is 5.75 Å². The van der Waals surface area contributed by atoms with Crippen molar-refractivity contribution in [3.63, 3.8) is 0 Å². The molecular formula is C23H33ClN2O2. The molecule has 1 aromatic carbocycles. The maximum absolute atomic E-state index is 12.2. The van der Waals surface area contributed by atoms with E-state index in [2.05, 4.69) is 17.1 Å². The van der Waals surface area contributed by atoms with E-state index in [4.69, 9.17) is 16.3 Å². The van der Waals surface area contributed by atoms with Gasteiger partial charge < -0.3 is 9.64 Å². The van der Waals surface area contributed by atoms with Crippen LogP contribution in [0.1, 0.15) is 44.9 Å². The number of nitrogens with zero attached hydrogens (tertiary/aromatic N) is 2. The Morgan fingerprint density at radius 1 is 1.18 bits per heavy atom. The number of allylic oxidation sites excluding steroid dienone is 1. The van der Waals surface area contributed by atoms with Crippen molar-refractivity contribution in [2.75, 3.05) is 33.2 Å². The molecule has 2 fully saturated rings. The normalized spacial score (nSPS) is 23.2. The minimum Gasteiger partial charge on any atom is -0.410 e. The first kappa shape index (κ1) is 21.2. The van der Waals surface area contributed by atoms with Crippen LogP contribution in [0.3, 0.4) is 0 Å². The zero-order valence-corrected chi connectivity index (χ0v) is 17.7. The molecule has 5 heteroatoms. The maximum Gasteiger partial charge on any atom is 0.414 e. The lowest BCUT2D eigenvalue weighted by Gasteiger charge is -2.28. The number of halogens is 1. The largest absolute Gasteiger partial charge is 0.414 e. The van der Waals surface area contributed by atoms with Crippen molar-refractivity contribution in [2.45, 2.75) is 44.9 Å². The highest BCUT2D eigenvalue weighted by Gasteiger charge is 2.21. The monoisotopic (exact) mass is 404 g/mol. The summed E-state index contributed by atoms with van der Waals surface area (Å²) in [6.45, 7) is 4.41. The third kappa shape index (κ3) is 6.82. The summed E-state index contributed by atoms with van der Waals surface area (Å²) in [5.41, 5.74) is 0. The Balaban J connectivity index is 1.31. The van der Waals surface area contributed by atoms with Crippen LogP contribution in [0.2, 0.25) is 5.02 Å². The molecule has 0 radical (unpaired) electrons. The van der Waals surface area contributed by atoms with Crippen LogP contribution in [0, 0.1) is 11.8 Å². The SMILES string of the molecule is CN(CC[C@H]1CC[C@H](/C=C/CN2CCCC2)CC1)C(=O)Oc1ccc(Cl)cc1. The van der Waals surface area contributed by atoms with Gasteiger partial charge in [0.2, 0.25) is 0 Å². The van der Waals surface area contributed by atoms with E-state index in [1.165, 1.54) is 51.6 Å². The Morgan fingerprint density at radius 3 is 2.54 bits per heavy atom. The number of benzene rings is 1. The molecule has 1 aliphatic heterocycles. The number of likely N-dealkylation sites (tertiary alicyclic amines) is 1. The predicted molar refractivity (Wildman–Crippen MR) is 115 cm³/mol. The summed E-state index contributed by atoms with van der Waals surface area (Å²) in [7, 11) is 1.81. The molecule has 1 heterocycles. The number of hydrogen-bond donors (Lipinski definition) is 0. The number of hydrogen-bond acceptors (Lipinski definition) is 3. The molecule has 3 rings (SSSR count). The number of amides is 1. The molecule has 1 aliphatic carbocycles. The predicted octanol–water partition coefficient (Wildman–Crippen LogP) is 5.62. The van der Waals surface area contributed by atoms with Crippen LogP contribution in [0.25, 0.3) is 0 Å². The van der Waals surface area contributed by atoms with Crippen LogP contribution in [-0.4, -0.2) is 49.1 Å². The summed E-state index contributed by atoms with van der Waals surface area (Å²) in [6.07, 6.45) is 13.4. The number of ether oxygens (including phenoxy) is 1. The summed E-state index contributed by atoms with van der Waals surface area (Å²) in [5.74, 6) is 1.99. The van der Waals surface area contributed by atoms with E-state index in [1.807, 2.05) is 7.05 Å². The quantitative estimate of drug-likeness (QED) is 0.553. The highest BCUT2D eigenvalue weighted by molar-refractivity contribution is 6.30. The summed E-state index contributed by atoms with van der Waals surface area (Å²) < 4.78 is 5.39. The maximum atomic E-state index is 12.2.